The highest BCUT2D eigenvalue weighted by Crippen LogP contribution is 2.22. The van der Waals surface area contributed by atoms with E-state index in [4.69, 9.17) is 4.74 Å². The molecule has 1 saturated heterocycles. The van der Waals surface area contributed by atoms with Crippen LogP contribution < -0.4 is 10.5 Å². The zero-order chi connectivity index (χ0) is 16.2. The summed E-state index contributed by atoms with van der Waals surface area (Å²) in [5.41, 5.74) is -0.243. The lowest BCUT2D eigenvalue weighted by Crippen LogP contribution is -2.48. The number of ether oxygens (including phenoxy) is 1. The van der Waals surface area contributed by atoms with Gasteiger partial charge in [0.25, 0.3) is 5.56 Å². The summed E-state index contributed by atoms with van der Waals surface area (Å²) in [6, 6.07) is 1.39. The van der Waals surface area contributed by atoms with Gasteiger partial charge in [-0.15, -0.1) is 0 Å². The average molecular weight is 330 g/mol. The molecule has 1 N–H and O–H groups in total. The number of aromatic amines is 1. The molecule has 0 bridgehead atoms. The second kappa shape index (κ2) is 7.21. The van der Waals surface area contributed by atoms with Crippen LogP contribution in [0.5, 0.6) is 0 Å². The van der Waals surface area contributed by atoms with Gasteiger partial charge in [0.05, 0.1) is 18.2 Å². The number of anilines is 1. The first-order valence-electron chi connectivity index (χ1n) is 7.19. The monoisotopic (exact) mass is 330 g/mol. The minimum absolute atomic E-state index is 0.243. The molecule has 0 aliphatic carbocycles. The zero-order valence-electron chi connectivity index (χ0n) is 12.9. The number of hydrogen-bond donors (Lipinski definition) is 1. The Balaban J connectivity index is 2.11. The predicted molar refractivity (Wildman–Crippen MR) is 83.5 cm³/mol. The van der Waals surface area contributed by atoms with Crippen molar-refractivity contribution in [2.75, 3.05) is 45.3 Å². The molecule has 0 aromatic carbocycles. The number of piperidine rings is 1. The predicted octanol–water partition coefficient (Wildman–Crippen LogP) is -0.353. The first-order chi connectivity index (χ1) is 10.4. The van der Waals surface area contributed by atoms with Gasteiger partial charge in [0, 0.05) is 39.9 Å². The van der Waals surface area contributed by atoms with Crippen molar-refractivity contribution < 1.29 is 13.2 Å². The highest BCUT2D eigenvalue weighted by atomic mass is 32.2. The number of hydrogen-bond acceptors (Lipinski definition) is 6. The van der Waals surface area contributed by atoms with E-state index in [2.05, 4.69) is 9.97 Å². The SMILES string of the molecule is COCCN(C)S(=O)(=O)C1CCCN(c2cc(=O)[nH]cn2)C1. The van der Waals surface area contributed by atoms with Crippen molar-refractivity contribution in [1.29, 1.82) is 0 Å². The van der Waals surface area contributed by atoms with Gasteiger partial charge >= 0.3 is 0 Å². The molecule has 0 amide bonds. The maximum absolute atomic E-state index is 12.6. The van der Waals surface area contributed by atoms with E-state index in [9.17, 15) is 13.2 Å². The van der Waals surface area contributed by atoms with Crippen molar-refractivity contribution in [3.05, 3.63) is 22.7 Å². The zero-order valence-corrected chi connectivity index (χ0v) is 13.7. The van der Waals surface area contributed by atoms with Crippen molar-refractivity contribution in [3.63, 3.8) is 0 Å². The topological polar surface area (TPSA) is 95.6 Å². The molecular formula is C13H22N4O4S. The van der Waals surface area contributed by atoms with Gasteiger partial charge in [-0.25, -0.2) is 17.7 Å². The minimum Gasteiger partial charge on any atom is -0.383 e. The summed E-state index contributed by atoms with van der Waals surface area (Å²) in [6.07, 6.45) is 2.69. The molecule has 2 heterocycles. The van der Waals surface area contributed by atoms with Crippen molar-refractivity contribution in [1.82, 2.24) is 14.3 Å². The third-order valence-electron chi connectivity index (χ3n) is 3.83. The number of rotatable bonds is 6. The van der Waals surface area contributed by atoms with Crippen LogP contribution in [0.4, 0.5) is 5.82 Å². The van der Waals surface area contributed by atoms with Gasteiger partial charge in [0.15, 0.2) is 0 Å². The molecule has 22 heavy (non-hydrogen) atoms. The van der Waals surface area contributed by atoms with E-state index < -0.39 is 15.3 Å². The van der Waals surface area contributed by atoms with Gasteiger partial charge < -0.3 is 14.6 Å². The summed E-state index contributed by atoms with van der Waals surface area (Å²) in [4.78, 5) is 19.8. The Kier molecular flexibility index (Phi) is 5.54. The lowest BCUT2D eigenvalue weighted by molar-refractivity contribution is 0.184. The van der Waals surface area contributed by atoms with Gasteiger partial charge in [-0.3, -0.25) is 4.79 Å². The van der Waals surface area contributed by atoms with Crippen LogP contribution >= 0.6 is 0 Å². The lowest BCUT2D eigenvalue weighted by Gasteiger charge is -2.34. The fraction of sp³-hybridized carbons (Fsp3) is 0.692. The Morgan fingerprint density at radius 2 is 2.32 bits per heavy atom. The molecule has 1 aliphatic heterocycles. The van der Waals surface area contributed by atoms with Crippen LogP contribution in [0.25, 0.3) is 0 Å². The van der Waals surface area contributed by atoms with Crippen molar-refractivity contribution in [2.24, 2.45) is 0 Å². The van der Waals surface area contributed by atoms with E-state index in [1.807, 2.05) is 4.90 Å². The van der Waals surface area contributed by atoms with Gasteiger partial charge in [-0.1, -0.05) is 0 Å². The third kappa shape index (κ3) is 3.84. The molecule has 1 aromatic heterocycles. The van der Waals surface area contributed by atoms with Crippen LogP contribution in [0, 0.1) is 0 Å². The molecule has 0 spiro atoms. The Bertz CT molecular complexity index is 645. The molecule has 8 nitrogen and oxygen atoms in total. The van der Waals surface area contributed by atoms with Gasteiger partial charge in [0.2, 0.25) is 10.0 Å². The van der Waals surface area contributed by atoms with Crippen LogP contribution in [-0.4, -0.2) is 68.3 Å². The lowest BCUT2D eigenvalue weighted by atomic mass is 10.1. The standard InChI is InChI=1S/C13H22N4O4S/c1-16(6-7-21-2)22(19,20)11-4-3-5-17(9-11)12-8-13(18)15-10-14-12/h8,10-11H,3-7,9H2,1-2H3,(H,14,15,18). The quantitative estimate of drug-likeness (QED) is 0.766. The Morgan fingerprint density at radius 3 is 3.00 bits per heavy atom. The molecule has 0 radical (unpaired) electrons. The van der Waals surface area contributed by atoms with Crippen LogP contribution in [0.3, 0.4) is 0 Å². The molecule has 1 fully saturated rings. The number of likely N-dealkylation sites (N-methyl/N-ethyl adjacent to an activating group) is 1. The summed E-state index contributed by atoms with van der Waals surface area (Å²) < 4.78 is 31.5. The largest absolute Gasteiger partial charge is 0.383 e. The number of methoxy groups -OCH3 is 1. The summed E-state index contributed by atoms with van der Waals surface area (Å²) in [6.45, 7) is 1.74. The second-order valence-electron chi connectivity index (χ2n) is 5.34. The molecule has 2 rings (SSSR count). The molecule has 9 heteroatoms. The van der Waals surface area contributed by atoms with Gasteiger partial charge in [-0.05, 0) is 12.8 Å². The Hall–Kier alpha value is -1.45. The molecule has 1 unspecified atom stereocenters. The number of sulfonamides is 1. The third-order valence-corrected chi connectivity index (χ3v) is 6.11. The molecular weight excluding hydrogens is 308 g/mol. The number of nitrogens with one attached hydrogen (secondary N) is 1. The summed E-state index contributed by atoms with van der Waals surface area (Å²) in [5.74, 6) is 0.517. The molecule has 1 atom stereocenters. The van der Waals surface area contributed by atoms with Gasteiger partial charge in [-0.2, -0.15) is 0 Å². The highest BCUT2D eigenvalue weighted by molar-refractivity contribution is 7.89. The van der Waals surface area contributed by atoms with Crippen LogP contribution in [0.1, 0.15) is 12.8 Å². The first kappa shape index (κ1) is 16.9. The summed E-state index contributed by atoms with van der Waals surface area (Å²) >= 11 is 0. The molecule has 1 aromatic rings. The Labute approximate surface area is 130 Å². The first-order valence-corrected chi connectivity index (χ1v) is 8.69. The van der Waals surface area contributed by atoms with E-state index in [1.165, 1.54) is 16.7 Å². The average Bonchev–Trinajstić information content (AvgIpc) is 2.52. The number of aromatic nitrogens is 2. The van der Waals surface area contributed by atoms with Crippen LogP contribution in [-0.2, 0) is 14.8 Å². The fourth-order valence-electron chi connectivity index (χ4n) is 2.52. The summed E-state index contributed by atoms with van der Waals surface area (Å²) in [5, 5.41) is -0.496. The normalized spacial score (nSPS) is 19.6. The molecule has 124 valence electrons. The highest BCUT2D eigenvalue weighted by Gasteiger charge is 2.34. The smallest absolute Gasteiger partial charge is 0.252 e. The van der Waals surface area contributed by atoms with Crippen LogP contribution in [0.2, 0.25) is 0 Å². The maximum Gasteiger partial charge on any atom is 0.252 e. The van der Waals surface area contributed by atoms with E-state index in [0.717, 1.165) is 6.42 Å². The molecule has 1 aliphatic rings. The summed E-state index contributed by atoms with van der Waals surface area (Å²) in [7, 11) is -0.276. The molecule has 0 saturated carbocycles. The van der Waals surface area contributed by atoms with E-state index in [-0.39, 0.29) is 5.56 Å². The van der Waals surface area contributed by atoms with Crippen molar-refractivity contribution >= 4 is 15.8 Å². The fourth-order valence-corrected chi connectivity index (χ4v) is 4.19. The minimum atomic E-state index is -3.39. The van der Waals surface area contributed by atoms with Gasteiger partial charge in [0.1, 0.15) is 5.82 Å². The van der Waals surface area contributed by atoms with Crippen molar-refractivity contribution in [2.45, 2.75) is 18.1 Å². The van der Waals surface area contributed by atoms with E-state index >= 15 is 0 Å². The van der Waals surface area contributed by atoms with Crippen molar-refractivity contribution in [3.8, 4) is 0 Å². The number of H-pyrrole nitrogens is 1. The van der Waals surface area contributed by atoms with E-state index in [1.54, 1.807) is 14.2 Å². The second-order valence-corrected chi connectivity index (χ2v) is 7.66. The van der Waals surface area contributed by atoms with E-state index in [0.29, 0.717) is 38.5 Å². The number of nitrogens with zero attached hydrogens (tertiary/aromatic N) is 3. The Morgan fingerprint density at radius 1 is 1.55 bits per heavy atom. The maximum atomic E-state index is 12.6. The van der Waals surface area contributed by atoms with Crippen LogP contribution in [0.15, 0.2) is 17.2 Å².